The van der Waals surface area contributed by atoms with Gasteiger partial charge >= 0.3 is 12.2 Å². The molecule has 0 saturated carbocycles. The van der Waals surface area contributed by atoms with Crippen molar-refractivity contribution >= 4 is 23.8 Å². The van der Waals surface area contributed by atoms with Gasteiger partial charge < -0.3 is 30.0 Å². The lowest BCUT2D eigenvalue weighted by Crippen LogP contribution is -2.55. The summed E-state index contributed by atoms with van der Waals surface area (Å²) in [6, 6.07) is 8.53. The first-order chi connectivity index (χ1) is 23.9. The summed E-state index contributed by atoms with van der Waals surface area (Å²) in [7, 11) is 0. The Morgan fingerprint density at radius 2 is 1.49 bits per heavy atom. The smallest absolute Gasteiger partial charge is 0.410 e. The summed E-state index contributed by atoms with van der Waals surface area (Å²) >= 11 is 0. The number of nitrogens with one attached hydrogen (secondary N) is 2. The van der Waals surface area contributed by atoms with E-state index in [9.17, 15) is 28.3 Å². The van der Waals surface area contributed by atoms with Crippen LogP contribution in [-0.4, -0.2) is 82.2 Å². The van der Waals surface area contributed by atoms with Crippen LogP contribution < -0.4 is 10.6 Å². The maximum absolute atomic E-state index is 15.4. The Morgan fingerprint density at radius 3 is 2.02 bits per heavy atom. The molecule has 3 amide bonds. The number of aromatic nitrogens is 1. The minimum absolute atomic E-state index is 0.0148. The van der Waals surface area contributed by atoms with Crippen LogP contribution in [0, 0.1) is 17.5 Å². The average molecular weight is 715 g/mol. The van der Waals surface area contributed by atoms with Crippen molar-refractivity contribution in [2.75, 3.05) is 25.1 Å². The second kappa shape index (κ2) is 16.6. The fraction of sp³-hybridized carbons (Fsp3) is 0.459. The summed E-state index contributed by atoms with van der Waals surface area (Å²) in [6.07, 6.45) is 0.427. The molecule has 3 N–H and O–H groups in total. The van der Waals surface area contributed by atoms with Gasteiger partial charge in [-0.25, -0.2) is 22.8 Å². The topological polar surface area (TPSA) is 139 Å². The number of benzene rings is 2. The van der Waals surface area contributed by atoms with E-state index < -0.39 is 70.9 Å². The number of alkyl carbamates (subject to hydrolysis) is 1. The lowest BCUT2D eigenvalue weighted by Gasteiger charge is -2.39. The summed E-state index contributed by atoms with van der Waals surface area (Å²) in [5.41, 5.74) is -0.749. The lowest BCUT2D eigenvalue weighted by atomic mass is 9.84. The van der Waals surface area contributed by atoms with Crippen LogP contribution in [0.3, 0.4) is 0 Å². The Morgan fingerprint density at radius 1 is 0.922 bits per heavy atom. The summed E-state index contributed by atoms with van der Waals surface area (Å²) in [4.78, 5) is 45.5. The number of pyridine rings is 1. The fourth-order valence-corrected chi connectivity index (χ4v) is 5.62. The predicted molar refractivity (Wildman–Crippen MR) is 183 cm³/mol. The lowest BCUT2D eigenvalue weighted by molar-refractivity contribution is -0.118. The summed E-state index contributed by atoms with van der Waals surface area (Å²) < 4.78 is 60.2. The summed E-state index contributed by atoms with van der Waals surface area (Å²) in [5.74, 6) is -3.54. The number of hydrogen-bond acceptors (Lipinski definition) is 8. The van der Waals surface area contributed by atoms with Gasteiger partial charge in [-0.2, -0.15) is 0 Å². The third-order valence-electron chi connectivity index (χ3n) is 7.93. The van der Waals surface area contributed by atoms with Gasteiger partial charge in [0.25, 0.3) is 0 Å². The highest BCUT2D eigenvalue weighted by Gasteiger charge is 2.36. The molecule has 2 heterocycles. The number of carbonyl (C=O) groups is 3. The van der Waals surface area contributed by atoms with Crippen LogP contribution in [0.1, 0.15) is 70.6 Å². The first-order valence-electron chi connectivity index (χ1n) is 16.6. The highest BCUT2D eigenvalue weighted by atomic mass is 19.1. The largest absolute Gasteiger partial charge is 0.444 e. The average Bonchev–Trinajstić information content (AvgIpc) is 3.04. The SMILES string of the molecule is CC(C)(C)OC(=O)N[C@H](C(=O)Nc1cncc(F)c1CCC1CN(C(=O)OC(C)(C)C)C(CO)CO1)C(c1ccc(F)cc1)c1ccc(F)cc1. The van der Waals surface area contributed by atoms with Crippen molar-refractivity contribution < 1.29 is 46.9 Å². The molecule has 0 aliphatic carbocycles. The molecule has 2 unspecified atom stereocenters. The zero-order chi connectivity index (χ0) is 37.5. The van der Waals surface area contributed by atoms with Gasteiger partial charge in [-0.3, -0.25) is 14.7 Å². The number of anilines is 1. The Hall–Kier alpha value is -4.69. The number of rotatable bonds is 10. The van der Waals surface area contributed by atoms with Crippen molar-refractivity contribution in [3.63, 3.8) is 0 Å². The number of nitrogens with zero attached hydrogens (tertiary/aromatic N) is 2. The zero-order valence-corrected chi connectivity index (χ0v) is 29.5. The number of carbonyl (C=O) groups excluding carboxylic acids is 3. The molecule has 14 heteroatoms. The Bertz CT molecular complexity index is 1620. The molecule has 2 aromatic carbocycles. The molecular formula is C37H45F3N4O7. The molecule has 1 aromatic heterocycles. The van der Waals surface area contributed by atoms with Crippen LogP contribution in [-0.2, 0) is 25.4 Å². The van der Waals surface area contributed by atoms with E-state index in [1.807, 2.05) is 0 Å². The zero-order valence-electron chi connectivity index (χ0n) is 29.5. The fourth-order valence-electron chi connectivity index (χ4n) is 5.62. The van der Waals surface area contributed by atoms with Crippen LogP contribution in [0.15, 0.2) is 60.9 Å². The molecule has 0 spiro atoms. The van der Waals surface area contributed by atoms with Gasteiger partial charge in [0, 0.05) is 11.5 Å². The van der Waals surface area contributed by atoms with Crippen LogP contribution in [0.4, 0.5) is 28.4 Å². The number of amides is 3. The standard InChI is InChI=1S/C37H45F3N4O7/c1-36(2,3)50-34(47)43-32(31(22-7-11-24(38)12-8-22)23-9-13-25(39)14-10-23)33(46)42-30-18-41-17-29(40)28(30)16-15-27-19-44(26(20-45)21-49-27)35(48)51-37(4,5)6/h7-14,17-18,26-27,31-32,45H,15-16,19-21H2,1-6H3,(H,42,46)(H,43,47)/t26?,27?,32-/m0/s1. The Balaban J connectivity index is 1.63. The maximum atomic E-state index is 15.4. The first kappa shape index (κ1) is 39.1. The summed E-state index contributed by atoms with van der Waals surface area (Å²) in [6.45, 7) is 9.91. The molecule has 0 bridgehead atoms. The van der Waals surface area contributed by atoms with Crippen molar-refractivity contribution in [3.05, 3.63) is 95.1 Å². The van der Waals surface area contributed by atoms with E-state index in [1.54, 1.807) is 41.5 Å². The van der Waals surface area contributed by atoms with E-state index in [1.165, 1.54) is 59.6 Å². The third-order valence-corrected chi connectivity index (χ3v) is 7.93. The molecule has 3 aromatic rings. The second-order valence-electron chi connectivity index (χ2n) is 14.3. The maximum Gasteiger partial charge on any atom is 0.410 e. The first-order valence-corrected chi connectivity index (χ1v) is 16.6. The number of aliphatic hydroxyl groups excluding tert-OH is 1. The highest BCUT2D eigenvalue weighted by Crippen LogP contribution is 2.31. The molecule has 0 radical (unpaired) electrons. The van der Waals surface area contributed by atoms with E-state index in [-0.39, 0.29) is 43.9 Å². The number of halogens is 3. The molecule has 1 aliphatic rings. The number of ether oxygens (including phenoxy) is 3. The highest BCUT2D eigenvalue weighted by molar-refractivity contribution is 5.98. The van der Waals surface area contributed by atoms with Crippen molar-refractivity contribution in [3.8, 4) is 0 Å². The molecular weight excluding hydrogens is 669 g/mol. The molecule has 1 fully saturated rings. The van der Waals surface area contributed by atoms with Crippen LogP contribution in [0.5, 0.6) is 0 Å². The molecule has 1 saturated heterocycles. The van der Waals surface area contributed by atoms with Crippen molar-refractivity contribution in [2.24, 2.45) is 0 Å². The van der Waals surface area contributed by atoms with E-state index >= 15 is 4.39 Å². The minimum Gasteiger partial charge on any atom is -0.444 e. The monoisotopic (exact) mass is 714 g/mol. The predicted octanol–water partition coefficient (Wildman–Crippen LogP) is 6.09. The van der Waals surface area contributed by atoms with Crippen LogP contribution >= 0.6 is 0 Å². The number of hydrogen-bond donors (Lipinski definition) is 3. The van der Waals surface area contributed by atoms with Crippen molar-refractivity contribution in [1.29, 1.82) is 0 Å². The Labute approximate surface area is 295 Å². The van der Waals surface area contributed by atoms with Gasteiger partial charge in [-0.1, -0.05) is 24.3 Å². The van der Waals surface area contributed by atoms with E-state index in [0.29, 0.717) is 11.1 Å². The molecule has 3 atom stereocenters. The van der Waals surface area contributed by atoms with Gasteiger partial charge in [-0.05, 0) is 89.8 Å². The van der Waals surface area contributed by atoms with Crippen LogP contribution in [0.25, 0.3) is 0 Å². The molecule has 276 valence electrons. The number of morpholine rings is 1. The van der Waals surface area contributed by atoms with Crippen molar-refractivity contribution in [1.82, 2.24) is 15.2 Å². The molecule has 1 aliphatic heterocycles. The van der Waals surface area contributed by atoms with Gasteiger partial charge in [0.2, 0.25) is 5.91 Å². The van der Waals surface area contributed by atoms with Gasteiger partial charge in [-0.15, -0.1) is 0 Å². The van der Waals surface area contributed by atoms with E-state index in [2.05, 4.69) is 15.6 Å². The minimum atomic E-state index is -1.42. The normalized spacial score (nSPS) is 17.1. The number of aliphatic hydroxyl groups is 1. The van der Waals surface area contributed by atoms with Gasteiger partial charge in [0.15, 0.2) is 0 Å². The molecule has 11 nitrogen and oxygen atoms in total. The van der Waals surface area contributed by atoms with Gasteiger partial charge in [0.1, 0.15) is 34.7 Å². The van der Waals surface area contributed by atoms with Crippen molar-refractivity contribution in [2.45, 2.75) is 89.7 Å². The summed E-state index contributed by atoms with van der Waals surface area (Å²) in [5, 5.41) is 15.1. The van der Waals surface area contributed by atoms with Crippen LogP contribution in [0.2, 0.25) is 0 Å². The third kappa shape index (κ3) is 11.1. The second-order valence-corrected chi connectivity index (χ2v) is 14.3. The van der Waals surface area contributed by atoms with E-state index in [0.717, 1.165) is 6.20 Å². The molecule has 4 rings (SSSR count). The van der Waals surface area contributed by atoms with E-state index in [4.69, 9.17) is 14.2 Å². The quantitative estimate of drug-likeness (QED) is 0.229. The Kier molecular flexibility index (Phi) is 12.7. The molecule has 51 heavy (non-hydrogen) atoms. The van der Waals surface area contributed by atoms with Gasteiger partial charge in [0.05, 0.1) is 50.0 Å².